The Morgan fingerprint density at radius 1 is 1.17 bits per heavy atom. The minimum atomic E-state index is -0.820. The standard InChI is InChI=1S/C12H13BrF2N2O/c1-16-2-4-17(5-3-16)12(18)8-6-9(13)11(15)7-10(8)14/h6-7H,2-5H2,1H3. The maximum atomic E-state index is 13.6. The normalized spacial score (nSPS) is 17.0. The van der Waals surface area contributed by atoms with Gasteiger partial charge in [-0.05, 0) is 29.0 Å². The molecule has 0 aliphatic carbocycles. The Morgan fingerprint density at radius 3 is 2.39 bits per heavy atom. The quantitative estimate of drug-likeness (QED) is 0.740. The van der Waals surface area contributed by atoms with E-state index in [9.17, 15) is 13.6 Å². The van der Waals surface area contributed by atoms with Gasteiger partial charge in [0.1, 0.15) is 11.6 Å². The summed E-state index contributed by atoms with van der Waals surface area (Å²) in [5.74, 6) is -1.91. The summed E-state index contributed by atoms with van der Waals surface area (Å²) in [6.45, 7) is 2.64. The molecule has 0 spiro atoms. The number of hydrogen-bond acceptors (Lipinski definition) is 2. The third-order valence-electron chi connectivity index (χ3n) is 3.03. The van der Waals surface area contributed by atoms with Crippen LogP contribution in [0.4, 0.5) is 8.78 Å². The predicted molar refractivity (Wildman–Crippen MR) is 67.5 cm³/mol. The average Bonchev–Trinajstić information content (AvgIpc) is 2.34. The van der Waals surface area contributed by atoms with Crippen LogP contribution < -0.4 is 0 Å². The summed E-state index contributed by atoms with van der Waals surface area (Å²) in [6, 6.07) is 1.93. The highest BCUT2D eigenvalue weighted by molar-refractivity contribution is 9.10. The van der Waals surface area contributed by atoms with Crippen molar-refractivity contribution in [1.29, 1.82) is 0 Å². The molecule has 6 heteroatoms. The molecule has 1 heterocycles. The third-order valence-corrected chi connectivity index (χ3v) is 3.64. The molecular weight excluding hydrogens is 306 g/mol. The van der Waals surface area contributed by atoms with E-state index < -0.39 is 11.6 Å². The van der Waals surface area contributed by atoms with Gasteiger partial charge in [-0.1, -0.05) is 0 Å². The molecule has 0 aromatic heterocycles. The molecule has 0 N–H and O–H groups in total. The smallest absolute Gasteiger partial charge is 0.256 e. The molecule has 98 valence electrons. The van der Waals surface area contributed by atoms with Crippen molar-refractivity contribution in [3.8, 4) is 0 Å². The molecule has 0 saturated carbocycles. The van der Waals surface area contributed by atoms with Gasteiger partial charge in [0.05, 0.1) is 10.0 Å². The van der Waals surface area contributed by atoms with Crippen LogP contribution in [0.2, 0.25) is 0 Å². The van der Waals surface area contributed by atoms with Crippen molar-refractivity contribution < 1.29 is 13.6 Å². The van der Waals surface area contributed by atoms with Crippen molar-refractivity contribution in [3.05, 3.63) is 33.8 Å². The summed E-state index contributed by atoms with van der Waals surface area (Å²) in [5.41, 5.74) is -0.0900. The van der Waals surface area contributed by atoms with Crippen LogP contribution in [0, 0.1) is 11.6 Å². The summed E-state index contributed by atoms with van der Waals surface area (Å²) in [7, 11) is 1.97. The van der Waals surface area contributed by atoms with Gasteiger partial charge in [0.25, 0.3) is 5.91 Å². The van der Waals surface area contributed by atoms with E-state index in [0.717, 1.165) is 19.2 Å². The first kappa shape index (κ1) is 13.4. The largest absolute Gasteiger partial charge is 0.336 e. The summed E-state index contributed by atoms with van der Waals surface area (Å²) >= 11 is 2.96. The zero-order valence-corrected chi connectivity index (χ0v) is 11.5. The molecule has 3 nitrogen and oxygen atoms in total. The molecule has 0 bridgehead atoms. The van der Waals surface area contributed by atoms with Gasteiger partial charge in [0.15, 0.2) is 0 Å². The second-order valence-electron chi connectivity index (χ2n) is 4.34. The minimum Gasteiger partial charge on any atom is -0.336 e. The molecular formula is C12H13BrF2N2O. The first-order valence-electron chi connectivity index (χ1n) is 5.61. The van der Waals surface area contributed by atoms with Gasteiger partial charge in [-0.2, -0.15) is 0 Å². The fraction of sp³-hybridized carbons (Fsp3) is 0.417. The van der Waals surface area contributed by atoms with E-state index in [1.54, 1.807) is 4.90 Å². The van der Waals surface area contributed by atoms with Crippen LogP contribution >= 0.6 is 15.9 Å². The van der Waals surface area contributed by atoms with E-state index >= 15 is 0 Å². The lowest BCUT2D eigenvalue weighted by Crippen LogP contribution is -2.47. The molecule has 1 fully saturated rings. The third kappa shape index (κ3) is 2.70. The Bertz CT molecular complexity index is 473. The zero-order chi connectivity index (χ0) is 13.3. The van der Waals surface area contributed by atoms with Gasteiger partial charge < -0.3 is 9.80 Å². The number of likely N-dealkylation sites (N-methyl/N-ethyl adjacent to an activating group) is 1. The first-order chi connectivity index (χ1) is 8.49. The Morgan fingerprint density at radius 2 is 1.78 bits per heavy atom. The van der Waals surface area contributed by atoms with Crippen LogP contribution in [0.25, 0.3) is 0 Å². The predicted octanol–water partition coefficient (Wildman–Crippen LogP) is 2.11. The van der Waals surface area contributed by atoms with E-state index in [1.165, 1.54) is 6.07 Å². The van der Waals surface area contributed by atoms with Crippen molar-refractivity contribution in [2.24, 2.45) is 0 Å². The highest BCUT2D eigenvalue weighted by Crippen LogP contribution is 2.21. The van der Waals surface area contributed by atoms with Gasteiger partial charge in [-0.15, -0.1) is 0 Å². The molecule has 1 saturated heterocycles. The Labute approximate surface area is 112 Å². The Hall–Kier alpha value is -1.01. The monoisotopic (exact) mass is 318 g/mol. The van der Waals surface area contributed by atoms with Gasteiger partial charge in [0.2, 0.25) is 0 Å². The van der Waals surface area contributed by atoms with Crippen molar-refractivity contribution in [3.63, 3.8) is 0 Å². The lowest BCUT2D eigenvalue weighted by atomic mass is 10.1. The van der Waals surface area contributed by atoms with Crippen molar-refractivity contribution >= 4 is 21.8 Å². The fourth-order valence-electron chi connectivity index (χ4n) is 1.87. The van der Waals surface area contributed by atoms with Crippen molar-refractivity contribution in [2.45, 2.75) is 0 Å². The molecule has 0 atom stereocenters. The van der Waals surface area contributed by atoms with E-state index in [0.29, 0.717) is 13.1 Å². The van der Waals surface area contributed by atoms with Crippen LogP contribution in [0.1, 0.15) is 10.4 Å². The van der Waals surface area contributed by atoms with Crippen LogP contribution in [-0.4, -0.2) is 48.9 Å². The lowest BCUT2D eigenvalue weighted by molar-refractivity contribution is 0.0659. The number of amides is 1. The Balaban J connectivity index is 2.21. The van der Waals surface area contributed by atoms with Crippen LogP contribution in [0.3, 0.4) is 0 Å². The van der Waals surface area contributed by atoms with Gasteiger partial charge >= 0.3 is 0 Å². The molecule has 1 aliphatic heterocycles. The van der Waals surface area contributed by atoms with Crippen molar-refractivity contribution in [2.75, 3.05) is 33.2 Å². The molecule has 2 rings (SSSR count). The molecule has 1 aromatic rings. The lowest BCUT2D eigenvalue weighted by Gasteiger charge is -2.32. The summed E-state index contributed by atoms with van der Waals surface area (Å²) in [4.78, 5) is 15.8. The summed E-state index contributed by atoms with van der Waals surface area (Å²) < 4.78 is 26.8. The number of carbonyl (C=O) groups is 1. The molecule has 18 heavy (non-hydrogen) atoms. The minimum absolute atomic E-state index is 0.0900. The molecule has 0 unspecified atom stereocenters. The topological polar surface area (TPSA) is 23.6 Å². The van der Waals surface area contributed by atoms with E-state index in [4.69, 9.17) is 0 Å². The summed E-state index contributed by atoms with van der Waals surface area (Å²) in [6.07, 6.45) is 0. The maximum absolute atomic E-state index is 13.6. The SMILES string of the molecule is CN1CCN(C(=O)c2cc(Br)c(F)cc2F)CC1. The molecule has 1 amide bonds. The summed E-state index contributed by atoms with van der Waals surface area (Å²) in [5, 5.41) is 0. The highest BCUT2D eigenvalue weighted by atomic mass is 79.9. The van der Waals surface area contributed by atoms with E-state index in [-0.39, 0.29) is 15.9 Å². The molecule has 1 aliphatic rings. The molecule has 1 aromatic carbocycles. The first-order valence-corrected chi connectivity index (χ1v) is 6.40. The van der Waals surface area contributed by atoms with Crippen LogP contribution in [0.15, 0.2) is 16.6 Å². The number of piperazine rings is 1. The second kappa shape index (κ2) is 5.32. The molecule has 0 radical (unpaired) electrons. The van der Waals surface area contributed by atoms with Crippen molar-refractivity contribution in [1.82, 2.24) is 9.80 Å². The van der Waals surface area contributed by atoms with E-state index in [2.05, 4.69) is 20.8 Å². The van der Waals surface area contributed by atoms with Gasteiger partial charge in [-0.3, -0.25) is 4.79 Å². The number of halogens is 3. The maximum Gasteiger partial charge on any atom is 0.256 e. The van der Waals surface area contributed by atoms with Crippen LogP contribution in [0.5, 0.6) is 0 Å². The number of nitrogens with zero attached hydrogens (tertiary/aromatic N) is 2. The van der Waals surface area contributed by atoms with E-state index in [1.807, 2.05) is 7.05 Å². The van der Waals surface area contributed by atoms with Crippen LogP contribution in [-0.2, 0) is 0 Å². The fourth-order valence-corrected chi connectivity index (χ4v) is 2.21. The number of carbonyl (C=O) groups excluding carboxylic acids is 1. The number of benzene rings is 1. The average molecular weight is 319 g/mol. The van der Waals surface area contributed by atoms with Gasteiger partial charge in [0, 0.05) is 32.2 Å². The van der Waals surface area contributed by atoms with Gasteiger partial charge in [-0.25, -0.2) is 8.78 Å². The zero-order valence-electron chi connectivity index (χ0n) is 9.92. The second-order valence-corrected chi connectivity index (χ2v) is 5.20. The Kier molecular flexibility index (Phi) is 3.97. The highest BCUT2D eigenvalue weighted by Gasteiger charge is 2.23. The number of hydrogen-bond donors (Lipinski definition) is 0. The number of rotatable bonds is 1.